The lowest BCUT2D eigenvalue weighted by Gasteiger charge is -1.95. The molecule has 2 aromatic rings. The summed E-state index contributed by atoms with van der Waals surface area (Å²) in [4.78, 5) is 16.6. The molecule has 2 rings (SSSR count). The van der Waals surface area contributed by atoms with Gasteiger partial charge in [-0.1, -0.05) is 40.6 Å². The van der Waals surface area contributed by atoms with Gasteiger partial charge in [0.25, 0.3) is 0 Å². The number of amides is 1. The van der Waals surface area contributed by atoms with E-state index in [1.54, 1.807) is 11.3 Å². The Labute approximate surface area is 118 Å². The van der Waals surface area contributed by atoms with Crippen LogP contribution in [0.2, 0.25) is 0 Å². The fraction of sp³-hybridized carbons (Fsp3) is 0.385. The summed E-state index contributed by atoms with van der Waals surface area (Å²) in [6.45, 7) is 2.07. The smallest absolute Gasteiger partial charge is 0.248 e. The second-order valence-electron chi connectivity index (χ2n) is 4.16. The molecule has 0 saturated heterocycles. The highest BCUT2D eigenvalue weighted by Crippen LogP contribution is 2.21. The first-order chi connectivity index (χ1) is 8.61. The molecule has 0 aliphatic heterocycles. The third kappa shape index (κ3) is 2.90. The molecule has 0 atom stereocenters. The zero-order valence-corrected chi connectivity index (χ0v) is 12.8. The van der Waals surface area contributed by atoms with Gasteiger partial charge in [-0.3, -0.25) is 4.79 Å². The summed E-state index contributed by atoms with van der Waals surface area (Å²) < 4.78 is 4.14. The van der Waals surface area contributed by atoms with E-state index in [4.69, 9.17) is 0 Å². The molecule has 0 saturated carbocycles. The van der Waals surface area contributed by atoms with Gasteiger partial charge in [-0.05, 0) is 24.6 Å². The van der Waals surface area contributed by atoms with Crippen molar-refractivity contribution in [1.29, 1.82) is 0 Å². The Balaban J connectivity index is 2.42. The Kier molecular flexibility index (Phi) is 4.35. The zero-order chi connectivity index (χ0) is 13.1. The number of aromatic nitrogens is 1. The van der Waals surface area contributed by atoms with Crippen LogP contribution in [0.25, 0.3) is 10.2 Å². The minimum absolute atomic E-state index is 0.0296. The van der Waals surface area contributed by atoms with Gasteiger partial charge in [-0.2, -0.15) is 4.99 Å². The molecule has 96 valence electrons. The highest BCUT2D eigenvalue weighted by molar-refractivity contribution is 9.10. The molecular formula is C13H15BrN2OS. The molecule has 0 N–H and O–H groups in total. The van der Waals surface area contributed by atoms with E-state index in [1.165, 1.54) is 0 Å². The predicted molar refractivity (Wildman–Crippen MR) is 78.6 cm³/mol. The van der Waals surface area contributed by atoms with Gasteiger partial charge in [0, 0.05) is 17.9 Å². The molecule has 0 radical (unpaired) electrons. The number of unbranched alkanes of at least 4 members (excludes halogenated alkanes) is 1. The Morgan fingerprint density at radius 1 is 1.50 bits per heavy atom. The number of thiazole rings is 1. The van der Waals surface area contributed by atoms with E-state index in [1.807, 2.05) is 23.7 Å². The highest BCUT2D eigenvalue weighted by atomic mass is 79.9. The van der Waals surface area contributed by atoms with Gasteiger partial charge < -0.3 is 4.57 Å². The van der Waals surface area contributed by atoms with Crippen LogP contribution in [-0.2, 0) is 11.8 Å². The molecular weight excluding hydrogens is 312 g/mol. The fourth-order valence-electron chi connectivity index (χ4n) is 1.71. The predicted octanol–water partition coefficient (Wildman–Crippen LogP) is 3.62. The summed E-state index contributed by atoms with van der Waals surface area (Å²) in [7, 11) is 1.94. The number of hydrogen-bond acceptors (Lipinski definition) is 2. The Bertz CT molecular complexity index is 642. The lowest BCUT2D eigenvalue weighted by atomic mass is 10.2. The van der Waals surface area contributed by atoms with E-state index < -0.39 is 0 Å². The first kappa shape index (κ1) is 13.5. The minimum Gasteiger partial charge on any atom is -0.319 e. The molecule has 0 fully saturated rings. The van der Waals surface area contributed by atoms with Crippen molar-refractivity contribution in [3.8, 4) is 0 Å². The van der Waals surface area contributed by atoms with E-state index in [0.717, 1.165) is 32.3 Å². The van der Waals surface area contributed by atoms with Crippen LogP contribution < -0.4 is 4.80 Å². The number of carbonyl (C=O) groups excluding carboxylic acids is 1. The summed E-state index contributed by atoms with van der Waals surface area (Å²) in [6.07, 6.45) is 2.46. The van der Waals surface area contributed by atoms with E-state index in [2.05, 4.69) is 33.9 Å². The molecule has 1 aromatic heterocycles. The van der Waals surface area contributed by atoms with Gasteiger partial charge in [0.15, 0.2) is 4.80 Å². The molecule has 1 amide bonds. The number of benzene rings is 1. The van der Waals surface area contributed by atoms with Crippen LogP contribution in [-0.4, -0.2) is 10.5 Å². The fourth-order valence-corrected chi connectivity index (χ4v) is 3.29. The minimum atomic E-state index is -0.0296. The van der Waals surface area contributed by atoms with Crippen molar-refractivity contribution in [2.45, 2.75) is 26.2 Å². The quantitative estimate of drug-likeness (QED) is 0.848. The molecule has 1 heterocycles. The first-order valence-electron chi connectivity index (χ1n) is 5.94. The normalized spacial score (nSPS) is 12.3. The van der Waals surface area contributed by atoms with Gasteiger partial charge in [0.2, 0.25) is 5.91 Å². The van der Waals surface area contributed by atoms with Crippen molar-refractivity contribution in [1.82, 2.24) is 4.57 Å². The number of halogens is 1. The van der Waals surface area contributed by atoms with Gasteiger partial charge in [-0.25, -0.2) is 0 Å². The molecule has 0 unspecified atom stereocenters. The molecule has 0 bridgehead atoms. The first-order valence-corrected chi connectivity index (χ1v) is 7.55. The van der Waals surface area contributed by atoms with E-state index in [0.29, 0.717) is 6.42 Å². The number of hydrogen-bond donors (Lipinski definition) is 0. The maximum atomic E-state index is 11.7. The topological polar surface area (TPSA) is 34.4 Å². The van der Waals surface area contributed by atoms with Crippen molar-refractivity contribution in [3.05, 3.63) is 27.5 Å². The molecule has 0 aliphatic carbocycles. The summed E-state index contributed by atoms with van der Waals surface area (Å²) >= 11 is 5.00. The van der Waals surface area contributed by atoms with E-state index in [9.17, 15) is 4.79 Å². The molecule has 3 nitrogen and oxygen atoms in total. The molecule has 0 aliphatic rings. The largest absolute Gasteiger partial charge is 0.319 e. The van der Waals surface area contributed by atoms with Gasteiger partial charge in [0.05, 0.1) is 10.2 Å². The average Bonchev–Trinajstić information content (AvgIpc) is 2.63. The second kappa shape index (κ2) is 5.80. The number of aryl methyl sites for hydroxylation is 1. The van der Waals surface area contributed by atoms with Crippen molar-refractivity contribution in [3.63, 3.8) is 0 Å². The second-order valence-corrected chi connectivity index (χ2v) is 6.09. The average molecular weight is 327 g/mol. The van der Waals surface area contributed by atoms with Crippen molar-refractivity contribution >= 4 is 43.4 Å². The zero-order valence-electron chi connectivity index (χ0n) is 10.4. The van der Waals surface area contributed by atoms with Crippen LogP contribution in [0.5, 0.6) is 0 Å². The van der Waals surface area contributed by atoms with Crippen LogP contribution in [0.1, 0.15) is 26.2 Å². The number of fused-ring (bicyclic) bond motifs is 1. The van der Waals surface area contributed by atoms with Gasteiger partial charge in [-0.15, -0.1) is 0 Å². The van der Waals surface area contributed by atoms with Crippen LogP contribution in [0.15, 0.2) is 27.7 Å². The van der Waals surface area contributed by atoms with Gasteiger partial charge in [0.1, 0.15) is 0 Å². The van der Waals surface area contributed by atoms with Crippen molar-refractivity contribution in [2.24, 2.45) is 12.0 Å². The monoisotopic (exact) mass is 326 g/mol. The van der Waals surface area contributed by atoms with E-state index >= 15 is 0 Å². The summed E-state index contributed by atoms with van der Waals surface area (Å²) in [5.74, 6) is -0.0296. The lowest BCUT2D eigenvalue weighted by Crippen LogP contribution is -2.12. The molecule has 1 aromatic carbocycles. The summed E-state index contributed by atoms with van der Waals surface area (Å²) in [6, 6.07) is 6.08. The SMILES string of the molecule is CCCCC(=O)N=c1sc2cc(Br)ccc2n1C. The number of rotatable bonds is 3. The summed E-state index contributed by atoms with van der Waals surface area (Å²) in [5.41, 5.74) is 1.10. The third-order valence-corrected chi connectivity index (χ3v) is 4.32. The third-order valence-electron chi connectivity index (χ3n) is 2.74. The number of carbonyl (C=O) groups is 1. The Morgan fingerprint density at radius 2 is 2.28 bits per heavy atom. The molecule has 0 spiro atoms. The number of nitrogens with zero attached hydrogens (tertiary/aromatic N) is 2. The van der Waals surface area contributed by atoms with Crippen molar-refractivity contribution < 1.29 is 4.79 Å². The van der Waals surface area contributed by atoms with Crippen LogP contribution in [0, 0.1) is 0 Å². The van der Waals surface area contributed by atoms with Crippen LogP contribution in [0.4, 0.5) is 0 Å². The van der Waals surface area contributed by atoms with Crippen LogP contribution in [0.3, 0.4) is 0 Å². The van der Waals surface area contributed by atoms with Crippen molar-refractivity contribution in [2.75, 3.05) is 0 Å². The maximum absolute atomic E-state index is 11.7. The highest BCUT2D eigenvalue weighted by Gasteiger charge is 2.05. The van der Waals surface area contributed by atoms with E-state index in [-0.39, 0.29) is 5.91 Å². The molecule has 18 heavy (non-hydrogen) atoms. The van der Waals surface area contributed by atoms with Gasteiger partial charge >= 0.3 is 0 Å². The molecule has 5 heteroatoms. The summed E-state index contributed by atoms with van der Waals surface area (Å²) in [5, 5.41) is 0. The standard InChI is InChI=1S/C13H15BrN2OS/c1-3-4-5-12(17)15-13-16(2)10-7-6-9(14)8-11(10)18-13/h6-8H,3-5H2,1-2H3. The Morgan fingerprint density at radius 3 is 3.00 bits per heavy atom. The van der Waals surface area contributed by atoms with Crippen LogP contribution >= 0.6 is 27.3 Å². The lowest BCUT2D eigenvalue weighted by molar-refractivity contribution is -0.118. The maximum Gasteiger partial charge on any atom is 0.248 e. The Hall–Kier alpha value is -0.940.